The van der Waals surface area contributed by atoms with Gasteiger partial charge in [0.15, 0.2) is 0 Å². The molecule has 0 aliphatic carbocycles. The molecule has 1 fully saturated rings. The molecule has 1 atom stereocenters. The zero-order valence-corrected chi connectivity index (χ0v) is 9.81. The maximum atomic E-state index is 13.3. The first-order chi connectivity index (χ1) is 8.70. The Kier molecular flexibility index (Phi) is 4.19. The molecule has 1 unspecified atom stereocenters. The van der Waals surface area contributed by atoms with Crippen LogP contribution in [0.25, 0.3) is 0 Å². The fourth-order valence-electron chi connectivity index (χ4n) is 1.84. The van der Waals surface area contributed by atoms with E-state index in [9.17, 15) is 13.6 Å². The smallest absolute Gasteiger partial charge is 0.228 e. The summed E-state index contributed by atoms with van der Waals surface area (Å²) in [5.41, 5.74) is 0.116. The van der Waals surface area contributed by atoms with Gasteiger partial charge in [-0.25, -0.2) is 8.78 Å². The number of halogens is 2. The van der Waals surface area contributed by atoms with E-state index in [2.05, 4.69) is 4.98 Å². The molecule has 0 aromatic carbocycles. The SMILES string of the molecule is O=C(Cc1ncccc1F)N1CCOC(CF)C1. The van der Waals surface area contributed by atoms with Crippen LogP contribution in [0.3, 0.4) is 0 Å². The van der Waals surface area contributed by atoms with Gasteiger partial charge in [0, 0.05) is 19.3 Å². The highest BCUT2D eigenvalue weighted by molar-refractivity contribution is 5.78. The number of amides is 1. The van der Waals surface area contributed by atoms with Crippen LogP contribution in [-0.4, -0.2) is 48.3 Å². The molecular weight excluding hydrogens is 242 g/mol. The van der Waals surface area contributed by atoms with Crippen LogP contribution in [-0.2, 0) is 16.0 Å². The molecule has 0 saturated carbocycles. The maximum Gasteiger partial charge on any atom is 0.228 e. The van der Waals surface area contributed by atoms with Gasteiger partial charge in [-0.1, -0.05) is 0 Å². The zero-order chi connectivity index (χ0) is 13.0. The highest BCUT2D eigenvalue weighted by Gasteiger charge is 2.24. The second-order valence-electron chi connectivity index (χ2n) is 4.10. The molecule has 1 aliphatic rings. The van der Waals surface area contributed by atoms with Crippen molar-refractivity contribution < 1.29 is 18.3 Å². The number of pyridine rings is 1. The number of aromatic nitrogens is 1. The minimum atomic E-state index is -0.623. The average molecular weight is 256 g/mol. The van der Waals surface area contributed by atoms with Crippen LogP contribution in [0.5, 0.6) is 0 Å². The number of nitrogens with zero attached hydrogens (tertiary/aromatic N) is 2. The summed E-state index contributed by atoms with van der Waals surface area (Å²) in [5, 5.41) is 0. The van der Waals surface area contributed by atoms with E-state index < -0.39 is 18.6 Å². The molecule has 0 bridgehead atoms. The molecule has 6 heteroatoms. The molecule has 1 aliphatic heterocycles. The monoisotopic (exact) mass is 256 g/mol. The van der Waals surface area contributed by atoms with Crippen molar-refractivity contribution in [1.29, 1.82) is 0 Å². The van der Waals surface area contributed by atoms with Gasteiger partial charge in [-0.05, 0) is 12.1 Å². The molecule has 1 amide bonds. The van der Waals surface area contributed by atoms with E-state index in [1.54, 1.807) is 0 Å². The zero-order valence-electron chi connectivity index (χ0n) is 9.81. The first kappa shape index (κ1) is 12.9. The van der Waals surface area contributed by atoms with Gasteiger partial charge in [0.25, 0.3) is 0 Å². The number of carbonyl (C=O) groups excluding carboxylic acids is 1. The van der Waals surface area contributed by atoms with Crippen molar-refractivity contribution in [1.82, 2.24) is 9.88 Å². The second-order valence-corrected chi connectivity index (χ2v) is 4.10. The molecule has 1 saturated heterocycles. The minimum Gasteiger partial charge on any atom is -0.372 e. The summed E-state index contributed by atoms with van der Waals surface area (Å²) in [6.45, 7) is 0.306. The summed E-state index contributed by atoms with van der Waals surface area (Å²) in [6, 6.07) is 2.73. The maximum absolute atomic E-state index is 13.3. The van der Waals surface area contributed by atoms with Crippen LogP contribution in [0.4, 0.5) is 8.78 Å². The number of ether oxygens (including phenoxy) is 1. The first-order valence-electron chi connectivity index (χ1n) is 5.75. The van der Waals surface area contributed by atoms with Gasteiger partial charge in [-0.15, -0.1) is 0 Å². The molecule has 4 nitrogen and oxygen atoms in total. The highest BCUT2D eigenvalue weighted by Crippen LogP contribution is 2.10. The van der Waals surface area contributed by atoms with Crippen molar-refractivity contribution in [3.8, 4) is 0 Å². The van der Waals surface area contributed by atoms with Gasteiger partial charge >= 0.3 is 0 Å². The van der Waals surface area contributed by atoms with Crippen molar-refractivity contribution in [2.24, 2.45) is 0 Å². The van der Waals surface area contributed by atoms with Gasteiger partial charge in [-0.2, -0.15) is 0 Å². The number of alkyl halides is 1. The van der Waals surface area contributed by atoms with Gasteiger partial charge in [-0.3, -0.25) is 9.78 Å². The van der Waals surface area contributed by atoms with Gasteiger partial charge in [0.2, 0.25) is 5.91 Å². The molecule has 0 radical (unpaired) electrons. The van der Waals surface area contributed by atoms with Crippen molar-refractivity contribution in [2.75, 3.05) is 26.4 Å². The van der Waals surface area contributed by atoms with E-state index in [0.717, 1.165) is 0 Å². The molecule has 1 aromatic rings. The summed E-state index contributed by atoms with van der Waals surface area (Å²) in [6.07, 6.45) is 0.761. The van der Waals surface area contributed by atoms with Crippen molar-refractivity contribution in [3.05, 3.63) is 29.8 Å². The Morgan fingerprint density at radius 3 is 3.17 bits per heavy atom. The summed E-state index contributed by atoms with van der Waals surface area (Å²) in [4.78, 5) is 17.2. The normalized spacial score (nSPS) is 19.9. The van der Waals surface area contributed by atoms with E-state index in [-0.39, 0.29) is 24.6 Å². The van der Waals surface area contributed by atoms with E-state index in [1.807, 2.05) is 0 Å². The molecule has 2 heterocycles. The van der Waals surface area contributed by atoms with E-state index in [1.165, 1.54) is 23.2 Å². The van der Waals surface area contributed by atoms with Crippen molar-refractivity contribution in [2.45, 2.75) is 12.5 Å². The molecule has 18 heavy (non-hydrogen) atoms. The van der Waals surface area contributed by atoms with E-state index in [0.29, 0.717) is 13.2 Å². The van der Waals surface area contributed by atoms with Crippen LogP contribution >= 0.6 is 0 Å². The molecule has 98 valence electrons. The lowest BCUT2D eigenvalue weighted by Crippen LogP contribution is -2.47. The number of hydrogen-bond acceptors (Lipinski definition) is 3. The average Bonchev–Trinajstić information content (AvgIpc) is 2.41. The third kappa shape index (κ3) is 3.01. The third-order valence-corrected chi connectivity index (χ3v) is 2.82. The Balaban J connectivity index is 1.97. The summed E-state index contributed by atoms with van der Waals surface area (Å²) >= 11 is 0. The van der Waals surface area contributed by atoms with Gasteiger partial charge in [0.1, 0.15) is 18.6 Å². The Hall–Kier alpha value is -1.56. The second kappa shape index (κ2) is 5.86. The van der Waals surface area contributed by atoms with Crippen molar-refractivity contribution in [3.63, 3.8) is 0 Å². The third-order valence-electron chi connectivity index (χ3n) is 2.82. The summed E-state index contributed by atoms with van der Waals surface area (Å²) in [7, 11) is 0. The van der Waals surface area contributed by atoms with Crippen molar-refractivity contribution >= 4 is 5.91 Å². The standard InChI is InChI=1S/C12H14F2N2O2/c13-7-9-8-16(4-5-18-9)12(17)6-11-10(14)2-1-3-15-11/h1-3,9H,4-8H2. The largest absolute Gasteiger partial charge is 0.372 e. The van der Waals surface area contributed by atoms with E-state index >= 15 is 0 Å². The van der Waals surface area contributed by atoms with Crippen LogP contribution in [0.15, 0.2) is 18.3 Å². The Morgan fingerprint density at radius 1 is 1.61 bits per heavy atom. The minimum absolute atomic E-state index is 0.105. The summed E-state index contributed by atoms with van der Waals surface area (Å²) in [5.74, 6) is -0.754. The van der Waals surface area contributed by atoms with E-state index in [4.69, 9.17) is 4.74 Å². The highest BCUT2D eigenvalue weighted by atomic mass is 19.1. The quantitative estimate of drug-likeness (QED) is 0.809. The van der Waals surface area contributed by atoms with Crippen LogP contribution in [0, 0.1) is 5.82 Å². The fraction of sp³-hybridized carbons (Fsp3) is 0.500. The molecule has 0 N–H and O–H groups in total. The number of hydrogen-bond donors (Lipinski definition) is 0. The number of rotatable bonds is 3. The molecule has 1 aromatic heterocycles. The Bertz CT molecular complexity index is 428. The lowest BCUT2D eigenvalue weighted by molar-refractivity contribution is -0.138. The predicted octanol–water partition coefficient (Wildman–Crippen LogP) is 0.960. The van der Waals surface area contributed by atoms with Crippen LogP contribution < -0.4 is 0 Å². The Morgan fingerprint density at radius 2 is 2.44 bits per heavy atom. The lowest BCUT2D eigenvalue weighted by atomic mass is 10.2. The number of carbonyl (C=O) groups is 1. The lowest BCUT2D eigenvalue weighted by Gasteiger charge is -2.31. The fourth-order valence-corrected chi connectivity index (χ4v) is 1.84. The topological polar surface area (TPSA) is 42.4 Å². The predicted molar refractivity (Wildman–Crippen MR) is 60.2 cm³/mol. The Labute approximate surface area is 104 Å². The van der Waals surface area contributed by atoms with Crippen LogP contribution in [0.2, 0.25) is 0 Å². The summed E-state index contributed by atoms with van der Waals surface area (Å²) < 4.78 is 30.9. The molecule has 2 rings (SSSR count). The van der Waals surface area contributed by atoms with Crippen LogP contribution in [0.1, 0.15) is 5.69 Å². The van der Waals surface area contributed by atoms with Gasteiger partial charge in [0.05, 0.1) is 18.7 Å². The van der Waals surface area contributed by atoms with Gasteiger partial charge < -0.3 is 9.64 Å². The first-order valence-corrected chi connectivity index (χ1v) is 5.75. The molecular formula is C12H14F2N2O2. The molecule has 0 spiro atoms. The number of morpholine rings is 1.